The summed E-state index contributed by atoms with van der Waals surface area (Å²) in [7, 11) is 1.99. The van der Waals surface area contributed by atoms with Gasteiger partial charge in [-0.05, 0) is 30.7 Å². The number of allylic oxidation sites excluding steroid dienone is 1. The number of benzene rings is 1. The van der Waals surface area contributed by atoms with Crippen LogP contribution in [0.2, 0.25) is 0 Å². The molecule has 1 aliphatic heterocycles. The van der Waals surface area contributed by atoms with Crippen molar-refractivity contribution in [3.8, 4) is 0 Å². The number of hydrogen-bond donors (Lipinski definition) is 1. The normalized spacial score (nSPS) is 15.3. The van der Waals surface area contributed by atoms with Crippen molar-refractivity contribution in [1.29, 1.82) is 0 Å². The Morgan fingerprint density at radius 2 is 2.00 bits per heavy atom. The number of fused-ring (bicyclic) bond motifs is 1. The van der Waals surface area contributed by atoms with Gasteiger partial charge in [0.25, 0.3) is 0 Å². The molecule has 5 nitrogen and oxygen atoms in total. The van der Waals surface area contributed by atoms with Gasteiger partial charge >= 0.3 is 5.97 Å². The number of anilines is 2. The first-order chi connectivity index (χ1) is 10.8. The summed E-state index contributed by atoms with van der Waals surface area (Å²) in [5.74, 6) is -0.545. The largest absolute Gasteiger partial charge is 0.466 e. The summed E-state index contributed by atoms with van der Waals surface area (Å²) in [5.41, 5.74) is 3.82. The van der Waals surface area contributed by atoms with Crippen molar-refractivity contribution in [2.75, 3.05) is 23.9 Å². The molecule has 0 aromatic heterocycles. The molecule has 0 atom stereocenters. The number of hydrogen-bond acceptors (Lipinski definition) is 4. The number of carbonyl (C=O) groups is 2. The van der Waals surface area contributed by atoms with E-state index in [4.69, 9.17) is 4.74 Å². The molecule has 1 heterocycles. The average Bonchev–Trinajstić information content (AvgIpc) is 2.67. The molecule has 2 rings (SSSR count). The van der Waals surface area contributed by atoms with Crippen molar-refractivity contribution in [1.82, 2.24) is 0 Å². The zero-order chi connectivity index (χ0) is 17.2. The van der Waals surface area contributed by atoms with E-state index < -0.39 is 0 Å². The fourth-order valence-corrected chi connectivity index (χ4v) is 2.80. The monoisotopic (exact) mass is 316 g/mol. The maximum absolute atomic E-state index is 12.0. The summed E-state index contributed by atoms with van der Waals surface area (Å²) < 4.78 is 4.82. The van der Waals surface area contributed by atoms with Crippen molar-refractivity contribution < 1.29 is 14.3 Å². The van der Waals surface area contributed by atoms with Gasteiger partial charge in [0.2, 0.25) is 5.91 Å². The highest BCUT2D eigenvalue weighted by atomic mass is 16.5. The van der Waals surface area contributed by atoms with E-state index in [0.717, 1.165) is 22.6 Å². The second-order valence-electron chi connectivity index (χ2n) is 6.22. The van der Waals surface area contributed by atoms with Gasteiger partial charge in [0.1, 0.15) is 0 Å². The molecule has 0 aliphatic carbocycles. The standard InChI is InChI=1S/C18H24N2O3/c1-6-23-17(22)10-9-16(21)19-13-7-8-15-14(11-13)18(3,4)12(2)20(15)5/h7-8,11H,2,6,9-10H2,1,3-5H3,(H,19,21). The molecule has 1 N–H and O–H groups in total. The van der Waals surface area contributed by atoms with Crippen molar-refractivity contribution in [2.24, 2.45) is 0 Å². The van der Waals surface area contributed by atoms with Crippen LogP contribution in [0.15, 0.2) is 30.5 Å². The van der Waals surface area contributed by atoms with Crippen molar-refractivity contribution in [2.45, 2.75) is 39.0 Å². The van der Waals surface area contributed by atoms with Gasteiger partial charge in [-0.15, -0.1) is 0 Å². The van der Waals surface area contributed by atoms with Gasteiger partial charge in [-0.2, -0.15) is 0 Å². The van der Waals surface area contributed by atoms with Crippen LogP contribution in [0.5, 0.6) is 0 Å². The summed E-state index contributed by atoms with van der Waals surface area (Å²) in [5, 5.41) is 2.84. The molecule has 0 radical (unpaired) electrons. The quantitative estimate of drug-likeness (QED) is 0.848. The van der Waals surface area contributed by atoms with Crippen molar-refractivity contribution in [3.05, 3.63) is 36.0 Å². The Hall–Kier alpha value is -2.30. The minimum atomic E-state index is -0.351. The third kappa shape index (κ3) is 3.38. The summed E-state index contributed by atoms with van der Waals surface area (Å²) in [6, 6.07) is 5.83. The highest BCUT2D eigenvalue weighted by Crippen LogP contribution is 2.46. The van der Waals surface area contributed by atoms with Gasteiger partial charge in [0.15, 0.2) is 0 Å². The molecule has 23 heavy (non-hydrogen) atoms. The molecule has 0 spiro atoms. The number of rotatable bonds is 5. The molecule has 0 unspecified atom stereocenters. The van der Waals surface area contributed by atoms with Crippen LogP contribution in [-0.4, -0.2) is 25.5 Å². The SMILES string of the molecule is C=C1N(C)c2ccc(NC(=O)CCC(=O)OCC)cc2C1(C)C. The lowest BCUT2D eigenvalue weighted by Crippen LogP contribution is -2.21. The van der Waals surface area contributed by atoms with Gasteiger partial charge in [-0.1, -0.05) is 20.4 Å². The fraction of sp³-hybridized carbons (Fsp3) is 0.444. The van der Waals surface area contributed by atoms with Crippen LogP contribution in [0.3, 0.4) is 0 Å². The number of ether oxygens (including phenoxy) is 1. The van der Waals surface area contributed by atoms with E-state index >= 15 is 0 Å². The summed E-state index contributed by atoms with van der Waals surface area (Å²) in [4.78, 5) is 25.3. The lowest BCUT2D eigenvalue weighted by Gasteiger charge is -2.22. The van der Waals surface area contributed by atoms with Crippen LogP contribution in [-0.2, 0) is 19.7 Å². The molecule has 1 aromatic rings. The molecule has 1 amide bonds. The maximum Gasteiger partial charge on any atom is 0.306 e. The van der Waals surface area contributed by atoms with Crippen LogP contribution < -0.4 is 10.2 Å². The summed E-state index contributed by atoms with van der Waals surface area (Å²) >= 11 is 0. The smallest absolute Gasteiger partial charge is 0.306 e. The lowest BCUT2D eigenvalue weighted by molar-refractivity contribution is -0.144. The Balaban J connectivity index is 2.06. The van der Waals surface area contributed by atoms with E-state index in [1.165, 1.54) is 0 Å². The fourth-order valence-electron chi connectivity index (χ4n) is 2.80. The topological polar surface area (TPSA) is 58.6 Å². The first-order valence-electron chi connectivity index (χ1n) is 7.80. The average molecular weight is 316 g/mol. The van der Waals surface area contributed by atoms with Crippen LogP contribution in [0.25, 0.3) is 0 Å². The zero-order valence-corrected chi connectivity index (χ0v) is 14.2. The Kier molecular flexibility index (Phi) is 4.78. The Morgan fingerprint density at radius 1 is 1.30 bits per heavy atom. The molecular formula is C18H24N2O3. The number of nitrogens with one attached hydrogen (secondary N) is 1. The van der Waals surface area contributed by atoms with Gasteiger partial charge in [-0.25, -0.2) is 0 Å². The molecule has 0 saturated carbocycles. The van der Waals surface area contributed by atoms with E-state index in [-0.39, 0.29) is 30.1 Å². The molecule has 0 bridgehead atoms. The number of esters is 1. The van der Waals surface area contributed by atoms with E-state index in [1.54, 1.807) is 6.92 Å². The molecule has 0 fully saturated rings. The maximum atomic E-state index is 12.0. The predicted molar refractivity (Wildman–Crippen MR) is 91.5 cm³/mol. The molecular weight excluding hydrogens is 292 g/mol. The number of amides is 1. The second-order valence-corrected chi connectivity index (χ2v) is 6.22. The van der Waals surface area contributed by atoms with Crippen LogP contribution in [0, 0.1) is 0 Å². The van der Waals surface area contributed by atoms with Crippen LogP contribution in [0.4, 0.5) is 11.4 Å². The van der Waals surface area contributed by atoms with E-state index in [2.05, 4.69) is 30.6 Å². The second kappa shape index (κ2) is 6.44. The summed E-state index contributed by atoms with van der Waals surface area (Å²) in [6.07, 6.45) is 0.210. The Labute approximate surface area is 137 Å². The van der Waals surface area contributed by atoms with Crippen LogP contribution in [0.1, 0.15) is 39.2 Å². The molecule has 5 heteroatoms. The molecule has 0 saturated heterocycles. The number of carbonyl (C=O) groups excluding carboxylic acids is 2. The van der Waals surface area contributed by atoms with Gasteiger partial charge in [0.05, 0.1) is 13.0 Å². The number of likely N-dealkylation sites (N-methyl/N-ethyl adjacent to an activating group) is 1. The minimum Gasteiger partial charge on any atom is -0.466 e. The summed E-state index contributed by atoms with van der Waals surface area (Å²) in [6.45, 7) is 10.5. The first kappa shape index (κ1) is 17.1. The van der Waals surface area contributed by atoms with E-state index in [1.807, 2.05) is 25.2 Å². The van der Waals surface area contributed by atoms with Gasteiger partial charge in [-0.3, -0.25) is 9.59 Å². The minimum absolute atomic E-state index is 0.0929. The molecule has 1 aliphatic rings. The molecule has 1 aromatic carbocycles. The van der Waals surface area contributed by atoms with Gasteiger partial charge in [0, 0.05) is 36.0 Å². The first-order valence-corrected chi connectivity index (χ1v) is 7.80. The zero-order valence-electron chi connectivity index (χ0n) is 14.2. The number of nitrogens with zero attached hydrogens (tertiary/aromatic N) is 1. The predicted octanol–water partition coefficient (Wildman–Crippen LogP) is 3.21. The van der Waals surface area contributed by atoms with Crippen molar-refractivity contribution >= 4 is 23.3 Å². The third-order valence-electron chi connectivity index (χ3n) is 4.30. The highest BCUT2D eigenvalue weighted by Gasteiger charge is 2.37. The molecule has 124 valence electrons. The van der Waals surface area contributed by atoms with E-state index in [0.29, 0.717) is 6.61 Å². The highest BCUT2D eigenvalue weighted by molar-refractivity contribution is 5.93. The Bertz CT molecular complexity index is 650. The lowest BCUT2D eigenvalue weighted by atomic mass is 9.84. The Morgan fingerprint density at radius 3 is 2.65 bits per heavy atom. The van der Waals surface area contributed by atoms with Crippen LogP contribution >= 0.6 is 0 Å². The van der Waals surface area contributed by atoms with E-state index in [9.17, 15) is 9.59 Å². The third-order valence-corrected chi connectivity index (χ3v) is 4.30. The van der Waals surface area contributed by atoms with Crippen molar-refractivity contribution in [3.63, 3.8) is 0 Å². The van der Waals surface area contributed by atoms with Gasteiger partial charge < -0.3 is 15.0 Å².